The molecule has 0 radical (unpaired) electrons. The maximum absolute atomic E-state index is 11.5. The van der Waals surface area contributed by atoms with E-state index in [1.54, 1.807) is 19.2 Å². The normalized spacial score (nSPS) is 17.0. The summed E-state index contributed by atoms with van der Waals surface area (Å²) in [7, 11) is 0. The molecule has 2 aromatic rings. The van der Waals surface area contributed by atoms with Crippen LogP contribution >= 0.6 is 0 Å². The minimum Gasteiger partial charge on any atom is -0.481 e. The Hall–Kier alpha value is -2.31. The molecule has 1 aliphatic carbocycles. The molecule has 7 heteroatoms. The highest BCUT2D eigenvalue weighted by Crippen LogP contribution is 2.41. The predicted molar refractivity (Wildman–Crippen MR) is 72.3 cm³/mol. The van der Waals surface area contributed by atoms with Crippen molar-refractivity contribution in [2.45, 2.75) is 39.0 Å². The Morgan fingerprint density at radius 3 is 2.81 bits per heavy atom. The molecule has 1 aliphatic rings. The Kier molecular flexibility index (Phi) is 3.40. The maximum Gasteiger partial charge on any atom is 0.310 e. The molecule has 1 N–H and O–H groups in total. The molecule has 0 amide bonds. The fraction of sp³-hybridized carbons (Fsp3) is 0.500. The molecular formula is C14H16N4O3. The molecule has 0 bridgehead atoms. The van der Waals surface area contributed by atoms with Gasteiger partial charge in [0.05, 0.1) is 5.41 Å². The first-order valence-electron chi connectivity index (χ1n) is 6.95. The third kappa shape index (κ3) is 2.63. The van der Waals surface area contributed by atoms with Gasteiger partial charge in [-0.15, -0.1) is 0 Å². The van der Waals surface area contributed by atoms with Crippen molar-refractivity contribution in [2.24, 2.45) is 5.41 Å². The van der Waals surface area contributed by atoms with Gasteiger partial charge in [-0.05, 0) is 25.8 Å². The van der Waals surface area contributed by atoms with Crippen LogP contribution in [-0.4, -0.2) is 31.2 Å². The van der Waals surface area contributed by atoms with Crippen LogP contribution in [0.2, 0.25) is 0 Å². The zero-order chi connectivity index (χ0) is 14.9. The minimum absolute atomic E-state index is 0.277. The Morgan fingerprint density at radius 2 is 2.14 bits per heavy atom. The van der Waals surface area contributed by atoms with Crippen molar-refractivity contribution < 1.29 is 14.4 Å². The van der Waals surface area contributed by atoms with Crippen molar-refractivity contribution in [1.29, 1.82) is 0 Å². The van der Waals surface area contributed by atoms with E-state index in [2.05, 4.69) is 20.1 Å². The molecular weight excluding hydrogens is 272 g/mol. The average Bonchev–Trinajstić information content (AvgIpc) is 3.09. The molecule has 2 heterocycles. The lowest BCUT2D eigenvalue weighted by Gasteiger charge is -2.21. The van der Waals surface area contributed by atoms with Crippen molar-refractivity contribution in [3.63, 3.8) is 0 Å². The molecule has 1 fully saturated rings. The van der Waals surface area contributed by atoms with E-state index in [1.807, 2.05) is 0 Å². The number of rotatable bonds is 4. The molecule has 1 saturated carbocycles. The average molecular weight is 288 g/mol. The molecule has 0 atom stereocenters. The van der Waals surface area contributed by atoms with Crippen LogP contribution in [0.25, 0.3) is 11.5 Å². The van der Waals surface area contributed by atoms with Crippen LogP contribution in [0.1, 0.15) is 37.4 Å². The fourth-order valence-electron chi connectivity index (χ4n) is 2.82. The van der Waals surface area contributed by atoms with Crippen LogP contribution < -0.4 is 0 Å². The quantitative estimate of drug-likeness (QED) is 0.918. The van der Waals surface area contributed by atoms with E-state index in [0.717, 1.165) is 12.8 Å². The molecule has 0 unspecified atom stereocenters. The number of carboxylic acids is 1. The van der Waals surface area contributed by atoms with E-state index < -0.39 is 11.4 Å². The SMILES string of the molecule is Cc1nccc(-c2noc(CC3(C(=O)O)CCCC3)n2)n1. The molecule has 3 rings (SSSR count). The Balaban J connectivity index is 1.83. The fourth-order valence-corrected chi connectivity index (χ4v) is 2.82. The largest absolute Gasteiger partial charge is 0.481 e. The second-order valence-electron chi connectivity index (χ2n) is 5.47. The second-order valence-corrected chi connectivity index (χ2v) is 5.47. The van der Waals surface area contributed by atoms with E-state index in [0.29, 0.717) is 36.1 Å². The summed E-state index contributed by atoms with van der Waals surface area (Å²) in [5, 5.41) is 13.4. The monoisotopic (exact) mass is 288 g/mol. The van der Waals surface area contributed by atoms with Crippen LogP contribution in [-0.2, 0) is 11.2 Å². The van der Waals surface area contributed by atoms with E-state index in [9.17, 15) is 9.90 Å². The lowest BCUT2D eigenvalue weighted by molar-refractivity contribution is -0.148. The van der Waals surface area contributed by atoms with Crippen molar-refractivity contribution in [3.8, 4) is 11.5 Å². The lowest BCUT2D eigenvalue weighted by Crippen LogP contribution is -2.30. The van der Waals surface area contributed by atoms with E-state index >= 15 is 0 Å². The maximum atomic E-state index is 11.5. The summed E-state index contributed by atoms with van der Waals surface area (Å²) in [5.41, 5.74) is -0.181. The number of aliphatic carboxylic acids is 1. The number of hydrogen-bond acceptors (Lipinski definition) is 6. The molecule has 0 saturated heterocycles. The van der Waals surface area contributed by atoms with Gasteiger partial charge in [0.15, 0.2) is 0 Å². The number of aryl methyl sites for hydroxylation is 1. The summed E-state index contributed by atoms with van der Waals surface area (Å²) in [6.45, 7) is 1.78. The van der Waals surface area contributed by atoms with Crippen LogP contribution in [0.4, 0.5) is 0 Å². The van der Waals surface area contributed by atoms with Gasteiger partial charge >= 0.3 is 5.97 Å². The highest BCUT2D eigenvalue weighted by atomic mass is 16.5. The van der Waals surface area contributed by atoms with Crippen molar-refractivity contribution in [3.05, 3.63) is 24.0 Å². The summed E-state index contributed by atoms with van der Waals surface area (Å²) in [6, 6.07) is 1.70. The van der Waals surface area contributed by atoms with E-state index in [-0.39, 0.29) is 6.42 Å². The summed E-state index contributed by atoms with van der Waals surface area (Å²) >= 11 is 0. The van der Waals surface area contributed by atoms with Gasteiger partial charge in [0, 0.05) is 12.6 Å². The summed E-state index contributed by atoms with van der Waals surface area (Å²) in [4.78, 5) is 24.1. The molecule has 7 nitrogen and oxygen atoms in total. The van der Waals surface area contributed by atoms with Gasteiger partial charge in [-0.1, -0.05) is 18.0 Å². The molecule has 0 aromatic carbocycles. The third-order valence-corrected chi connectivity index (χ3v) is 3.98. The Morgan fingerprint density at radius 1 is 1.38 bits per heavy atom. The van der Waals surface area contributed by atoms with E-state index in [4.69, 9.17) is 4.52 Å². The molecule has 110 valence electrons. The third-order valence-electron chi connectivity index (χ3n) is 3.98. The molecule has 2 aromatic heterocycles. The molecule has 0 spiro atoms. The van der Waals surface area contributed by atoms with Gasteiger partial charge in [0.2, 0.25) is 11.7 Å². The number of nitrogens with zero attached hydrogens (tertiary/aromatic N) is 4. The predicted octanol–water partition coefficient (Wildman–Crippen LogP) is 2.02. The van der Waals surface area contributed by atoms with Crippen LogP contribution in [0, 0.1) is 12.3 Å². The smallest absolute Gasteiger partial charge is 0.310 e. The van der Waals surface area contributed by atoms with Gasteiger partial charge in [0.1, 0.15) is 11.5 Å². The van der Waals surface area contributed by atoms with Crippen LogP contribution in [0.5, 0.6) is 0 Å². The number of carbonyl (C=O) groups is 1. The molecule has 0 aliphatic heterocycles. The first kappa shape index (κ1) is 13.7. The van der Waals surface area contributed by atoms with Crippen LogP contribution in [0.3, 0.4) is 0 Å². The number of aromatic nitrogens is 4. The van der Waals surface area contributed by atoms with Gasteiger partial charge in [0.25, 0.3) is 0 Å². The zero-order valence-electron chi connectivity index (χ0n) is 11.7. The lowest BCUT2D eigenvalue weighted by atomic mass is 9.83. The van der Waals surface area contributed by atoms with E-state index in [1.165, 1.54) is 0 Å². The highest BCUT2D eigenvalue weighted by molar-refractivity contribution is 5.75. The highest BCUT2D eigenvalue weighted by Gasteiger charge is 2.42. The number of carboxylic acid groups (broad SMARTS) is 1. The number of hydrogen-bond donors (Lipinski definition) is 1. The Labute approximate surface area is 121 Å². The second kappa shape index (κ2) is 5.23. The van der Waals surface area contributed by atoms with Gasteiger partial charge in [-0.3, -0.25) is 4.79 Å². The zero-order valence-corrected chi connectivity index (χ0v) is 11.7. The van der Waals surface area contributed by atoms with Crippen LogP contribution in [0.15, 0.2) is 16.8 Å². The first-order valence-corrected chi connectivity index (χ1v) is 6.95. The summed E-state index contributed by atoms with van der Waals surface area (Å²) in [5.74, 6) is 0.564. The molecule has 21 heavy (non-hydrogen) atoms. The van der Waals surface area contributed by atoms with Crippen molar-refractivity contribution >= 4 is 5.97 Å². The van der Waals surface area contributed by atoms with Gasteiger partial charge in [-0.25, -0.2) is 9.97 Å². The van der Waals surface area contributed by atoms with Crippen molar-refractivity contribution in [2.75, 3.05) is 0 Å². The summed E-state index contributed by atoms with van der Waals surface area (Å²) < 4.78 is 5.21. The standard InChI is InChI=1S/C14H16N4O3/c1-9-15-7-4-10(16-9)12-17-11(21-18-12)8-14(13(19)20)5-2-3-6-14/h4,7H,2-3,5-6,8H2,1H3,(H,19,20). The first-order chi connectivity index (χ1) is 10.1. The topological polar surface area (TPSA) is 102 Å². The van der Waals surface area contributed by atoms with Gasteiger partial charge in [-0.2, -0.15) is 4.98 Å². The van der Waals surface area contributed by atoms with Gasteiger partial charge < -0.3 is 9.63 Å². The Bertz CT molecular complexity index is 662. The summed E-state index contributed by atoms with van der Waals surface area (Å²) in [6.07, 6.45) is 5.08. The minimum atomic E-state index is -0.780. The van der Waals surface area contributed by atoms with Crippen molar-refractivity contribution in [1.82, 2.24) is 20.1 Å².